The third-order valence-electron chi connectivity index (χ3n) is 2.30. The summed E-state index contributed by atoms with van der Waals surface area (Å²) in [7, 11) is 3.47. The van der Waals surface area contributed by atoms with Crippen LogP contribution in [0.25, 0.3) is 0 Å². The summed E-state index contributed by atoms with van der Waals surface area (Å²) in [5.74, 6) is 0.695. The molecule has 0 fully saturated rings. The molecule has 6 heteroatoms. The van der Waals surface area contributed by atoms with Crippen LogP contribution >= 0.6 is 15.9 Å². The number of hydrogen-bond donors (Lipinski definition) is 0. The molecular weight excluding hydrogens is 292 g/mol. The van der Waals surface area contributed by atoms with Crippen molar-refractivity contribution in [3.05, 3.63) is 22.7 Å². The van der Waals surface area contributed by atoms with Gasteiger partial charge in [0.25, 0.3) is 0 Å². The first kappa shape index (κ1) is 13.7. The fourth-order valence-corrected chi connectivity index (χ4v) is 4.05. The van der Waals surface area contributed by atoms with Gasteiger partial charge in [0.05, 0.1) is 12.3 Å². The van der Waals surface area contributed by atoms with E-state index in [9.17, 15) is 0 Å². The Labute approximate surface area is 105 Å². The van der Waals surface area contributed by atoms with Gasteiger partial charge in [-0.05, 0) is 18.2 Å². The Hall–Kier alpha value is -0.403. The molecule has 0 atom stereocenters. The minimum absolute atomic E-state index is 0.695. The lowest BCUT2D eigenvalue weighted by atomic mass is 10.3. The van der Waals surface area contributed by atoms with Gasteiger partial charge in [-0.25, -0.2) is 0 Å². The molecule has 0 saturated heterocycles. The van der Waals surface area contributed by atoms with Crippen LogP contribution in [0.1, 0.15) is 0 Å². The average Bonchev–Trinajstić information content (AvgIpc) is 2.32. The van der Waals surface area contributed by atoms with Gasteiger partial charge in [0.15, 0.2) is 0 Å². The standard InChI is InChI=1S/C10H15BrO4Si/c1-12-9-6-5-8(11)7-10(9)16(13-2,14-3)15-4/h5-7H,1-4H3. The predicted octanol–water partition coefficient (Wildman–Crippen LogP) is 1.54. The molecule has 0 radical (unpaired) electrons. The molecule has 90 valence electrons. The molecule has 0 aliphatic carbocycles. The lowest BCUT2D eigenvalue weighted by Crippen LogP contribution is -2.55. The van der Waals surface area contributed by atoms with E-state index in [-0.39, 0.29) is 0 Å². The van der Waals surface area contributed by atoms with Crippen LogP contribution in [0.4, 0.5) is 0 Å². The number of methoxy groups -OCH3 is 1. The van der Waals surface area contributed by atoms with E-state index in [1.807, 2.05) is 18.2 Å². The van der Waals surface area contributed by atoms with Crippen molar-refractivity contribution in [1.82, 2.24) is 0 Å². The molecule has 0 amide bonds. The highest BCUT2D eigenvalue weighted by Crippen LogP contribution is 2.20. The van der Waals surface area contributed by atoms with Gasteiger partial charge in [0.1, 0.15) is 5.75 Å². The summed E-state index contributed by atoms with van der Waals surface area (Å²) in [5.41, 5.74) is 0. The van der Waals surface area contributed by atoms with Gasteiger partial charge in [-0.15, -0.1) is 0 Å². The number of rotatable bonds is 5. The van der Waals surface area contributed by atoms with E-state index in [1.165, 1.54) is 0 Å². The lowest BCUT2D eigenvalue weighted by molar-refractivity contribution is 0.139. The number of ether oxygens (including phenoxy) is 1. The number of hydrogen-bond acceptors (Lipinski definition) is 4. The van der Waals surface area contributed by atoms with Crippen molar-refractivity contribution < 1.29 is 18.0 Å². The third-order valence-corrected chi connectivity index (χ3v) is 5.45. The largest absolute Gasteiger partial charge is 0.540 e. The van der Waals surface area contributed by atoms with Gasteiger partial charge >= 0.3 is 8.80 Å². The molecule has 0 aliphatic rings. The second-order valence-corrected chi connectivity index (χ2v) is 6.80. The minimum Gasteiger partial charge on any atom is -0.497 e. The summed E-state index contributed by atoms with van der Waals surface area (Å²) in [6.07, 6.45) is 0. The lowest BCUT2D eigenvalue weighted by Gasteiger charge is -2.26. The Bertz CT molecular complexity index is 346. The van der Waals surface area contributed by atoms with E-state index >= 15 is 0 Å². The molecule has 1 aromatic carbocycles. The molecule has 0 aromatic heterocycles. The van der Waals surface area contributed by atoms with Gasteiger partial charge in [-0.2, -0.15) is 0 Å². The van der Waals surface area contributed by atoms with Gasteiger partial charge in [-0.3, -0.25) is 0 Å². The summed E-state index contributed by atoms with van der Waals surface area (Å²) in [6, 6.07) is 5.63. The van der Waals surface area contributed by atoms with Crippen LogP contribution in [-0.4, -0.2) is 37.2 Å². The fraction of sp³-hybridized carbons (Fsp3) is 0.400. The molecule has 0 unspecified atom stereocenters. The van der Waals surface area contributed by atoms with Crippen LogP contribution in [0, 0.1) is 0 Å². The number of halogens is 1. The Morgan fingerprint density at radius 2 is 1.56 bits per heavy atom. The van der Waals surface area contributed by atoms with Crippen molar-refractivity contribution in [1.29, 1.82) is 0 Å². The van der Waals surface area contributed by atoms with Crippen molar-refractivity contribution in [2.24, 2.45) is 0 Å². The van der Waals surface area contributed by atoms with Crippen LogP contribution in [0.2, 0.25) is 0 Å². The SMILES string of the molecule is COc1ccc(Br)cc1[Si](OC)(OC)OC. The van der Waals surface area contributed by atoms with Crippen molar-refractivity contribution in [2.75, 3.05) is 28.4 Å². The Kier molecular flexibility index (Phi) is 4.94. The van der Waals surface area contributed by atoms with Crippen molar-refractivity contribution in [2.45, 2.75) is 0 Å². The van der Waals surface area contributed by atoms with E-state index in [0.29, 0.717) is 5.75 Å². The molecule has 0 spiro atoms. The average molecular weight is 307 g/mol. The van der Waals surface area contributed by atoms with Crippen LogP contribution in [0.15, 0.2) is 22.7 Å². The molecule has 16 heavy (non-hydrogen) atoms. The summed E-state index contributed by atoms with van der Waals surface area (Å²) < 4.78 is 22.4. The molecule has 0 N–H and O–H groups in total. The van der Waals surface area contributed by atoms with E-state index in [4.69, 9.17) is 18.0 Å². The topological polar surface area (TPSA) is 36.9 Å². The minimum atomic E-state index is -2.85. The van der Waals surface area contributed by atoms with E-state index in [1.54, 1.807) is 28.4 Å². The molecular formula is C10H15BrO4Si. The summed E-state index contributed by atoms with van der Waals surface area (Å²) >= 11 is 3.41. The monoisotopic (exact) mass is 306 g/mol. The molecule has 4 nitrogen and oxygen atoms in total. The van der Waals surface area contributed by atoms with Gasteiger partial charge in [-0.1, -0.05) is 15.9 Å². The highest BCUT2D eigenvalue weighted by atomic mass is 79.9. The van der Waals surface area contributed by atoms with Crippen molar-refractivity contribution in [3.8, 4) is 5.75 Å². The first-order valence-corrected chi connectivity index (χ1v) is 7.14. The van der Waals surface area contributed by atoms with Gasteiger partial charge in [0, 0.05) is 25.8 Å². The fourth-order valence-electron chi connectivity index (χ4n) is 1.50. The maximum Gasteiger partial charge on any atom is 0.540 e. The predicted molar refractivity (Wildman–Crippen MR) is 67.1 cm³/mol. The number of benzene rings is 1. The van der Waals surface area contributed by atoms with Crippen LogP contribution in [0.3, 0.4) is 0 Å². The first-order chi connectivity index (χ1) is 7.63. The Morgan fingerprint density at radius 1 is 1.00 bits per heavy atom. The van der Waals surface area contributed by atoms with E-state index < -0.39 is 8.80 Å². The summed E-state index contributed by atoms with van der Waals surface area (Å²) in [4.78, 5) is 0. The zero-order chi connectivity index (χ0) is 12.2. The summed E-state index contributed by atoms with van der Waals surface area (Å²) in [5, 5.41) is 0.803. The molecule has 0 saturated carbocycles. The van der Waals surface area contributed by atoms with Crippen LogP contribution in [-0.2, 0) is 13.3 Å². The highest BCUT2D eigenvalue weighted by Gasteiger charge is 2.43. The quantitative estimate of drug-likeness (QED) is 0.773. The highest BCUT2D eigenvalue weighted by molar-refractivity contribution is 9.10. The second kappa shape index (κ2) is 5.79. The zero-order valence-corrected chi connectivity index (χ0v) is 12.3. The maximum atomic E-state index is 5.41. The van der Waals surface area contributed by atoms with Crippen molar-refractivity contribution in [3.63, 3.8) is 0 Å². The normalized spacial score (nSPS) is 11.6. The van der Waals surface area contributed by atoms with Crippen LogP contribution < -0.4 is 9.92 Å². The Balaban J connectivity index is 3.32. The zero-order valence-electron chi connectivity index (χ0n) is 9.74. The van der Waals surface area contributed by atoms with E-state index in [2.05, 4.69) is 15.9 Å². The van der Waals surface area contributed by atoms with Crippen molar-refractivity contribution >= 4 is 29.9 Å². The van der Waals surface area contributed by atoms with E-state index in [0.717, 1.165) is 9.66 Å². The smallest absolute Gasteiger partial charge is 0.497 e. The van der Waals surface area contributed by atoms with Crippen LogP contribution in [0.5, 0.6) is 5.75 Å². The van der Waals surface area contributed by atoms with Gasteiger partial charge in [0.2, 0.25) is 0 Å². The molecule has 1 rings (SSSR count). The Morgan fingerprint density at radius 3 is 2.00 bits per heavy atom. The van der Waals surface area contributed by atoms with Gasteiger partial charge < -0.3 is 18.0 Å². The second-order valence-electron chi connectivity index (χ2n) is 3.01. The first-order valence-electron chi connectivity index (χ1n) is 4.63. The molecule has 1 aromatic rings. The third kappa shape index (κ3) is 2.46. The maximum absolute atomic E-state index is 5.41. The molecule has 0 heterocycles. The summed E-state index contributed by atoms with van der Waals surface area (Å²) in [6.45, 7) is 0. The molecule has 0 aliphatic heterocycles. The molecule has 0 bridgehead atoms.